The zero-order valence-corrected chi connectivity index (χ0v) is 6.31. The van der Waals surface area contributed by atoms with Crippen LogP contribution in [0.5, 0.6) is 0 Å². The molecule has 1 heterocycles. The predicted octanol–water partition coefficient (Wildman–Crippen LogP) is -0.126. The summed E-state index contributed by atoms with van der Waals surface area (Å²) in [6.07, 6.45) is 3.23. The van der Waals surface area contributed by atoms with Crippen LogP contribution >= 0.6 is 0 Å². The molecule has 1 aliphatic rings. The van der Waals surface area contributed by atoms with Gasteiger partial charge in [-0.3, -0.25) is 4.79 Å². The van der Waals surface area contributed by atoms with Gasteiger partial charge in [0.05, 0.1) is 6.04 Å². The molecule has 2 N–H and O–H groups in total. The lowest BCUT2D eigenvalue weighted by atomic mass is 10.1. The molecular formula is C7H14N2O. The molecule has 1 aliphatic heterocycles. The van der Waals surface area contributed by atoms with Gasteiger partial charge in [-0.2, -0.15) is 0 Å². The first-order valence-corrected chi connectivity index (χ1v) is 3.79. The van der Waals surface area contributed by atoms with Crippen LogP contribution in [0.4, 0.5) is 0 Å². The van der Waals surface area contributed by atoms with E-state index in [0.717, 1.165) is 25.8 Å². The van der Waals surface area contributed by atoms with E-state index >= 15 is 0 Å². The molecule has 3 heteroatoms. The SMILES string of the molecule is CNC1CCCCNC1=O. The van der Waals surface area contributed by atoms with Gasteiger partial charge in [0.2, 0.25) is 5.91 Å². The minimum atomic E-state index is 0.0440. The number of amides is 1. The number of likely N-dealkylation sites (N-methyl/N-ethyl adjacent to an activating group) is 1. The largest absolute Gasteiger partial charge is 0.355 e. The maximum absolute atomic E-state index is 11.1. The molecule has 1 rings (SSSR count). The van der Waals surface area contributed by atoms with Crippen LogP contribution in [0.1, 0.15) is 19.3 Å². The Labute approximate surface area is 61.2 Å². The monoisotopic (exact) mass is 142 g/mol. The van der Waals surface area contributed by atoms with Crippen molar-refractivity contribution in [2.24, 2.45) is 0 Å². The van der Waals surface area contributed by atoms with Gasteiger partial charge in [-0.25, -0.2) is 0 Å². The molecule has 0 aromatic heterocycles. The van der Waals surface area contributed by atoms with E-state index in [0.29, 0.717) is 0 Å². The third-order valence-corrected chi connectivity index (χ3v) is 1.88. The van der Waals surface area contributed by atoms with Crippen LogP contribution in [0.25, 0.3) is 0 Å². The maximum atomic E-state index is 11.1. The molecule has 58 valence electrons. The van der Waals surface area contributed by atoms with Gasteiger partial charge in [-0.1, -0.05) is 0 Å². The van der Waals surface area contributed by atoms with E-state index in [1.807, 2.05) is 7.05 Å². The lowest BCUT2D eigenvalue weighted by molar-refractivity contribution is -0.122. The Kier molecular flexibility index (Phi) is 2.68. The fraction of sp³-hybridized carbons (Fsp3) is 0.857. The minimum absolute atomic E-state index is 0.0440. The van der Waals surface area contributed by atoms with Crippen molar-refractivity contribution in [3.8, 4) is 0 Å². The van der Waals surface area contributed by atoms with Gasteiger partial charge in [0, 0.05) is 6.54 Å². The molecular weight excluding hydrogens is 128 g/mol. The molecule has 1 unspecified atom stereocenters. The summed E-state index contributed by atoms with van der Waals surface area (Å²) in [6, 6.07) is 0.0440. The molecule has 0 aliphatic carbocycles. The van der Waals surface area contributed by atoms with Gasteiger partial charge < -0.3 is 10.6 Å². The summed E-state index contributed by atoms with van der Waals surface area (Å²) in [6.45, 7) is 0.844. The molecule has 10 heavy (non-hydrogen) atoms. The van der Waals surface area contributed by atoms with Crippen molar-refractivity contribution in [1.82, 2.24) is 10.6 Å². The van der Waals surface area contributed by atoms with Crippen LogP contribution < -0.4 is 10.6 Å². The van der Waals surface area contributed by atoms with E-state index in [4.69, 9.17) is 0 Å². The van der Waals surface area contributed by atoms with Crippen LogP contribution in [-0.4, -0.2) is 25.5 Å². The van der Waals surface area contributed by atoms with E-state index < -0.39 is 0 Å². The van der Waals surface area contributed by atoms with Crippen molar-refractivity contribution >= 4 is 5.91 Å². The summed E-state index contributed by atoms with van der Waals surface area (Å²) in [7, 11) is 1.83. The van der Waals surface area contributed by atoms with Gasteiger partial charge in [0.15, 0.2) is 0 Å². The molecule has 0 spiro atoms. The Morgan fingerprint density at radius 3 is 3.10 bits per heavy atom. The fourth-order valence-electron chi connectivity index (χ4n) is 1.21. The first-order valence-electron chi connectivity index (χ1n) is 3.79. The van der Waals surface area contributed by atoms with Crippen molar-refractivity contribution in [3.05, 3.63) is 0 Å². The first-order chi connectivity index (χ1) is 4.84. The standard InChI is InChI=1S/C7H14N2O/c1-8-6-4-2-3-5-9-7(6)10/h6,8H,2-5H2,1H3,(H,9,10). The van der Waals surface area contributed by atoms with Crippen molar-refractivity contribution in [2.45, 2.75) is 25.3 Å². The second kappa shape index (κ2) is 3.56. The Hall–Kier alpha value is -0.570. The zero-order chi connectivity index (χ0) is 7.40. The van der Waals surface area contributed by atoms with Crippen molar-refractivity contribution < 1.29 is 4.79 Å². The number of hydrogen-bond donors (Lipinski definition) is 2. The summed E-state index contributed by atoms with van der Waals surface area (Å²) in [5.74, 6) is 0.153. The second-order valence-electron chi connectivity index (χ2n) is 2.63. The van der Waals surface area contributed by atoms with Crippen LogP contribution in [0, 0.1) is 0 Å². The van der Waals surface area contributed by atoms with Crippen LogP contribution in [0.15, 0.2) is 0 Å². The molecule has 0 aromatic rings. The Morgan fingerprint density at radius 2 is 2.40 bits per heavy atom. The van der Waals surface area contributed by atoms with E-state index in [1.165, 1.54) is 0 Å². The highest BCUT2D eigenvalue weighted by Gasteiger charge is 2.17. The van der Waals surface area contributed by atoms with Crippen LogP contribution in [0.3, 0.4) is 0 Å². The topological polar surface area (TPSA) is 41.1 Å². The Morgan fingerprint density at radius 1 is 1.60 bits per heavy atom. The van der Waals surface area contributed by atoms with E-state index in [1.54, 1.807) is 0 Å². The minimum Gasteiger partial charge on any atom is -0.355 e. The molecule has 1 atom stereocenters. The molecule has 1 saturated heterocycles. The van der Waals surface area contributed by atoms with E-state index in [-0.39, 0.29) is 11.9 Å². The average molecular weight is 142 g/mol. The van der Waals surface area contributed by atoms with E-state index in [2.05, 4.69) is 10.6 Å². The molecule has 3 nitrogen and oxygen atoms in total. The highest BCUT2D eigenvalue weighted by atomic mass is 16.2. The van der Waals surface area contributed by atoms with Crippen LogP contribution in [0.2, 0.25) is 0 Å². The quantitative estimate of drug-likeness (QED) is 0.535. The van der Waals surface area contributed by atoms with Crippen molar-refractivity contribution in [1.29, 1.82) is 0 Å². The summed E-state index contributed by atoms with van der Waals surface area (Å²) in [4.78, 5) is 11.1. The van der Waals surface area contributed by atoms with E-state index in [9.17, 15) is 4.79 Å². The predicted molar refractivity (Wildman–Crippen MR) is 39.7 cm³/mol. The van der Waals surface area contributed by atoms with Crippen LogP contribution in [-0.2, 0) is 4.79 Å². The normalized spacial score (nSPS) is 27.3. The van der Waals surface area contributed by atoms with Gasteiger partial charge in [0.25, 0.3) is 0 Å². The van der Waals surface area contributed by atoms with Gasteiger partial charge in [-0.15, -0.1) is 0 Å². The Balaban J connectivity index is 2.43. The molecule has 1 amide bonds. The first kappa shape index (κ1) is 7.54. The number of carbonyl (C=O) groups excluding carboxylic acids is 1. The molecule has 0 saturated carbocycles. The highest BCUT2D eigenvalue weighted by Crippen LogP contribution is 2.03. The molecule has 0 aromatic carbocycles. The fourth-order valence-corrected chi connectivity index (χ4v) is 1.21. The number of nitrogens with one attached hydrogen (secondary N) is 2. The van der Waals surface area contributed by atoms with Gasteiger partial charge in [-0.05, 0) is 26.3 Å². The van der Waals surface area contributed by atoms with Crippen molar-refractivity contribution in [2.75, 3.05) is 13.6 Å². The lowest BCUT2D eigenvalue weighted by Crippen LogP contribution is -2.40. The third kappa shape index (κ3) is 1.70. The van der Waals surface area contributed by atoms with Gasteiger partial charge >= 0.3 is 0 Å². The maximum Gasteiger partial charge on any atom is 0.237 e. The summed E-state index contributed by atoms with van der Waals surface area (Å²) in [5, 5.41) is 5.83. The third-order valence-electron chi connectivity index (χ3n) is 1.88. The lowest BCUT2D eigenvalue weighted by Gasteiger charge is -2.10. The molecule has 0 radical (unpaired) electrons. The second-order valence-corrected chi connectivity index (χ2v) is 2.63. The van der Waals surface area contributed by atoms with Gasteiger partial charge in [0.1, 0.15) is 0 Å². The molecule has 0 bridgehead atoms. The number of hydrogen-bond acceptors (Lipinski definition) is 2. The average Bonchev–Trinajstić information content (AvgIpc) is 2.13. The zero-order valence-electron chi connectivity index (χ0n) is 6.31. The Bertz CT molecular complexity index is 125. The molecule has 1 fully saturated rings. The summed E-state index contributed by atoms with van der Waals surface area (Å²) >= 11 is 0. The highest BCUT2D eigenvalue weighted by molar-refractivity contribution is 5.81. The smallest absolute Gasteiger partial charge is 0.237 e. The summed E-state index contributed by atoms with van der Waals surface area (Å²) in [5.41, 5.74) is 0. The van der Waals surface area contributed by atoms with Crippen molar-refractivity contribution in [3.63, 3.8) is 0 Å². The number of rotatable bonds is 1. The summed E-state index contributed by atoms with van der Waals surface area (Å²) < 4.78 is 0. The number of carbonyl (C=O) groups is 1.